The number of quaternary nitrogens is 1. The molecule has 2 aromatic carbocycles. The number of aromatic nitrogens is 1. The van der Waals surface area contributed by atoms with Gasteiger partial charge in [-0.25, -0.2) is 9.37 Å². The molecule has 0 saturated carbocycles. The molecule has 0 atom stereocenters. The molecule has 156 valence electrons. The highest BCUT2D eigenvalue weighted by Gasteiger charge is 2.24. The molecule has 3 aromatic rings. The Bertz CT molecular complexity index is 1010. The van der Waals surface area contributed by atoms with E-state index >= 15 is 0 Å². The molecule has 1 aliphatic rings. The number of piperazine rings is 1. The summed E-state index contributed by atoms with van der Waals surface area (Å²) >= 11 is 1.61. The van der Waals surface area contributed by atoms with E-state index in [0.717, 1.165) is 59.4 Å². The second-order valence-corrected chi connectivity index (χ2v) is 8.59. The fraction of sp³-hybridized carbons (Fsp3) is 0.304. The summed E-state index contributed by atoms with van der Waals surface area (Å²) < 4.78 is 13.1. The number of para-hydroxylation sites is 1. The van der Waals surface area contributed by atoms with Crippen LogP contribution in [0.3, 0.4) is 0 Å². The zero-order valence-corrected chi connectivity index (χ0v) is 18.1. The SMILES string of the molecule is Cc1cccc(C)c1NC(=O)C[NH+]1CCN(c2nc(-c3ccc(F)cc3)cs2)CC1. The summed E-state index contributed by atoms with van der Waals surface area (Å²) in [7, 11) is 0. The van der Waals surface area contributed by atoms with E-state index in [0.29, 0.717) is 6.54 Å². The number of amides is 1. The summed E-state index contributed by atoms with van der Waals surface area (Å²) in [4.78, 5) is 20.8. The zero-order chi connectivity index (χ0) is 21.1. The number of hydrogen-bond acceptors (Lipinski definition) is 4. The van der Waals surface area contributed by atoms with Gasteiger partial charge in [0.1, 0.15) is 5.82 Å². The first-order valence-electron chi connectivity index (χ1n) is 10.2. The van der Waals surface area contributed by atoms with Crippen LogP contribution < -0.4 is 15.1 Å². The lowest BCUT2D eigenvalue weighted by molar-refractivity contribution is -0.892. The number of nitrogens with zero attached hydrogens (tertiary/aromatic N) is 2. The number of nitrogens with one attached hydrogen (secondary N) is 2. The van der Waals surface area contributed by atoms with Gasteiger partial charge in [0.05, 0.1) is 31.9 Å². The molecule has 7 heteroatoms. The largest absolute Gasteiger partial charge is 0.337 e. The van der Waals surface area contributed by atoms with Crippen molar-refractivity contribution in [3.63, 3.8) is 0 Å². The molecule has 4 rings (SSSR count). The van der Waals surface area contributed by atoms with Gasteiger partial charge in [-0.1, -0.05) is 18.2 Å². The van der Waals surface area contributed by atoms with Gasteiger partial charge in [-0.2, -0.15) is 0 Å². The number of carbonyl (C=O) groups excluding carboxylic acids is 1. The molecule has 0 unspecified atom stereocenters. The molecule has 0 radical (unpaired) electrons. The van der Waals surface area contributed by atoms with Gasteiger partial charge in [-0.05, 0) is 49.2 Å². The molecule has 1 fully saturated rings. The summed E-state index contributed by atoms with van der Waals surface area (Å²) in [5.41, 5.74) is 4.90. The standard InChI is InChI=1S/C23H25FN4OS/c1-16-4-3-5-17(2)22(16)26-21(29)14-27-10-12-28(13-11-27)23-25-20(15-30-23)18-6-8-19(24)9-7-18/h3-9,15H,10-14H2,1-2H3,(H,26,29)/p+1. The fourth-order valence-electron chi connectivity index (χ4n) is 3.78. The summed E-state index contributed by atoms with van der Waals surface area (Å²) in [5, 5.41) is 6.08. The average molecular weight is 426 g/mol. The maximum atomic E-state index is 13.1. The van der Waals surface area contributed by atoms with Crippen molar-refractivity contribution in [3.05, 3.63) is 64.8 Å². The summed E-state index contributed by atoms with van der Waals surface area (Å²) in [6.45, 7) is 8.02. The number of anilines is 2. The van der Waals surface area contributed by atoms with Crippen LogP contribution in [-0.4, -0.2) is 43.6 Å². The summed E-state index contributed by atoms with van der Waals surface area (Å²) in [6, 6.07) is 12.5. The lowest BCUT2D eigenvalue weighted by Gasteiger charge is -2.31. The normalized spacial score (nSPS) is 14.7. The highest BCUT2D eigenvalue weighted by atomic mass is 32.1. The minimum atomic E-state index is -0.241. The van der Waals surface area contributed by atoms with Crippen molar-refractivity contribution in [2.75, 3.05) is 42.9 Å². The molecule has 1 aromatic heterocycles. The van der Waals surface area contributed by atoms with Crippen LogP contribution in [0.2, 0.25) is 0 Å². The van der Waals surface area contributed by atoms with Gasteiger partial charge in [0, 0.05) is 16.6 Å². The highest BCUT2D eigenvalue weighted by Crippen LogP contribution is 2.27. The number of thiazole rings is 1. The number of carbonyl (C=O) groups is 1. The van der Waals surface area contributed by atoms with Crippen LogP contribution in [0.4, 0.5) is 15.2 Å². The molecule has 5 nitrogen and oxygen atoms in total. The molecule has 2 N–H and O–H groups in total. The first-order valence-corrected chi connectivity index (χ1v) is 11.0. The average Bonchev–Trinajstić information content (AvgIpc) is 3.22. The first kappa shape index (κ1) is 20.5. The molecule has 2 heterocycles. The fourth-order valence-corrected chi connectivity index (χ4v) is 4.66. The predicted octanol–water partition coefficient (Wildman–Crippen LogP) is 2.91. The van der Waals surface area contributed by atoms with Crippen LogP contribution in [0.1, 0.15) is 11.1 Å². The maximum absolute atomic E-state index is 13.1. The van der Waals surface area contributed by atoms with Gasteiger partial charge >= 0.3 is 0 Å². The quantitative estimate of drug-likeness (QED) is 0.661. The predicted molar refractivity (Wildman–Crippen MR) is 120 cm³/mol. The Hall–Kier alpha value is -2.77. The molecule has 1 aliphatic heterocycles. The third kappa shape index (κ3) is 4.68. The van der Waals surface area contributed by atoms with Crippen molar-refractivity contribution in [2.45, 2.75) is 13.8 Å². The first-order chi connectivity index (χ1) is 14.5. The van der Waals surface area contributed by atoms with Crippen molar-refractivity contribution in [3.8, 4) is 11.3 Å². The van der Waals surface area contributed by atoms with Gasteiger partial charge < -0.3 is 15.1 Å². The minimum Gasteiger partial charge on any atom is -0.337 e. The second-order valence-electron chi connectivity index (χ2n) is 7.75. The molecule has 1 amide bonds. The van der Waals surface area contributed by atoms with Gasteiger partial charge in [0.15, 0.2) is 11.7 Å². The van der Waals surface area contributed by atoms with Crippen LogP contribution in [0, 0.1) is 19.7 Å². The van der Waals surface area contributed by atoms with Crippen LogP contribution in [0.5, 0.6) is 0 Å². The second kappa shape index (κ2) is 8.93. The van der Waals surface area contributed by atoms with E-state index in [2.05, 4.69) is 10.2 Å². The third-order valence-electron chi connectivity index (χ3n) is 5.53. The molecule has 0 spiro atoms. The van der Waals surface area contributed by atoms with Crippen LogP contribution in [-0.2, 0) is 4.79 Å². The third-order valence-corrected chi connectivity index (χ3v) is 6.43. The Balaban J connectivity index is 1.31. The van der Waals surface area contributed by atoms with E-state index in [4.69, 9.17) is 4.98 Å². The van der Waals surface area contributed by atoms with Crippen molar-refractivity contribution in [1.29, 1.82) is 0 Å². The van der Waals surface area contributed by atoms with E-state index in [1.54, 1.807) is 23.5 Å². The smallest absolute Gasteiger partial charge is 0.279 e. The van der Waals surface area contributed by atoms with Crippen LogP contribution in [0.25, 0.3) is 11.3 Å². The van der Waals surface area contributed by atoms with E-state index in [1.807, 2.05) is 37.4 Å². The van der Waals surface area contributed by atoms with Crippen LogP contribution in [0.15, 0.2) is 47.8 Å². The van der Waals surface area contributed by atoms with Crippen molar-refractivity contribution < 1.29 is 14.1 Å². The van der Waals surface area contributed by atoms with E-state index in [1.165, 1.54) is 17.0 Å². The van der Waals surface area contributed by atoms with Crippen molar-refractivity contribution >= 4 is 28.1 Å². The lowest BCUT2D eigenvalue weighted by Crippen LogP contribution is -3.15. The number of aryl methyl sites for hydroxylation is 2. The molecular formula is C23H26FN4OS+. The van der Waals surface area contributed by atoms with E-state index in [-0.39, 0.29) is 11.7 Å². The zero-order valence-electron chi connectivity index (χ0n) is 17.2. The Morgan fingerprint density at radius 2 is 1.80 bits per heavy atom. The molecule has 1 saturated heterocycles. The number of rotatable bonds is 5. The van der Waals surface area contributed by atoms with Gasteiger partial charge in [-0.15, -0.1) is 11.3 Å². The lowest BCUT2D eigenvalue weighted by atomic mass is 10.1. The Morgan fingerprint density at radius 3 is 2.47 bits per heavy atom. The summed E-state index contributed by atoms with van der Waals surface area (Å²) in [5.74, 6) is -0.182. The molecular weight excluding hydrogens is 399 g/mol. The Morgan fingerprint density at radius 1 is 1.13 bits per heavy atom. The topological polar surface area (TPSA) is 49.7 Å². The van der Waals surface area contributed by atoms with Crippen molar-refractivity contribution in [2.24, 2.45) is 0 Å². The Labute approximate surface area is 180 Å². The van der Waals surface area contributed by atoms with Gasteiger partial charge in [0.25, 0.3) is 5.91 Å². The maximum Gasteiger partial charge on any atom is 0.279 e. The van der Waals surface area contributed by atoms with E-state index < -0.39 is 0 Å². The van der Waals surface area contributed by atoms with Crippen LogP contribution >= 0.6 is 11.3 Å². The molecule has 0 bridgehead atoms. The van der Waals surface area contributed by atoms with Gasteiger partial charge in [-0.3, -0.25) is 4.79 Å². The monoisotopic (exact) mass is 425 g/mol. The minimum absolute atomic E-state index is 0.0590. The number of halogens is 1. The Kier molecular flexibility index (Phi) is 6.11. The summed E-state index contributed by atoms with van der Waals surface area (Å²) in [6.07, 6.45) is 0. The van der Waals surface area contributed by atoms with Crippen molar-refractivity contribution in [1.82, 2.24) is 4.98 Å². The highest BCUT2D eigenvalue weighted by molar-refractivity contribution is 7.14. The molecule has 30 heavy (non-hydrogen) atoms. The number of hydrogen-bond donors (Lipinski definition) is 2. The van der Waals surface area contributed by atoms with Gasteiger partial charge in [0.2, 0.25) is 0 Å². The molecule has 0 aliphatic carbocycles. The number of benzene rings is 2. The van der Waals surface area contributed by atoms with E-state index in [9.17, 15) is 9.18 Å².